The molecule has 6 nitrogen and oxygen atoms in total. The summed E-state index contributed by atoms with van der Waals surface area (Å²) in [4.78, 5) is 6.47. The largest absolute Gasteiger partial charge is 0.377 e. The number of hydrogen-bond acceptors (Lipinski definition) is 6. The van der Waals surface area contributed by atoms with E-state index in [0.29, 0.717) is 5.82 Å². The van der Waals surface area contributed by atoms with Crippen LogP contribution in [0.3, 0.4) is 0 Å². The molecular formula is C12H20N4O2. The summed E-state index contributed by atoms with van der Waals surface area (Å²) in [5.74, 6) is 6.17. The SMILES string of the molecule is COC1CN(Cc2cccnc2NN)CC1OC. The molecule has 1 aliphatic rings. The molecule has 2 heterocycles. The maximum Gasteiger partial charge on any atom is 0.144 e. The van der Waals surface area contributed by atoms with E-state index in [4.69, 9.17) is 15.3 Å². The van der Waals surface area contributed by atoms with Crippen molar-refractivity contribution in [2.75, 3.05) is 32.7 Å². The topological polar surface area (TPSA) is 72.6 Å². The van der Waals surface area contributed by atoms with Crippen LogP contribution < -0.4 is 11.3 Å². The van der Waals surface area contributed by atoms with Gasteiger partial charge in [0.1, 0.15) is 5.82 Å². The normalized spacial score (nSPS) is 24.4. The Morgan fingerprint density at radius 3 is 2.61 bits per heavy atom. The number of aromatic nitrogens is 1. The fourth-order valence-corrected chi connectivity index (χ4v) is 2.34. The van der Waals surface area contributed by atoms with Gasteiger partial charge < -0.3 is 14.9 Å². The van der Waals surface area contributed by atoms with E-state index in [1.807, 2.05) is 12.1 Å². The summed E-state index contributed by atoms with van der Waals surface area (Å²) in [5.41, 5.74) is 3.70. The molecule has 1 aromatic heterocycles. The summed E-state index contributed by atoms with van der Waals surface area (Å²) in [5, 5.41) is 0. The maximum absolute atomic E-state index is 5.45. The molecule has 1 saturated heterocycles. The van der Waals surface area contributed by atoms with Crippen LogP contribution in [-0.4, -0.2) is 49.4 Å². The van der Waals surface area contributed by atoms with Crippen molar-refractivity contribution in [3.8, 4) is 0 Å². The molecule has 0 saturated carbocycles. The van der Waals surface area contributed by atoms with Crippen LogP contribution in [0.5, 0.6) is 0 Å². The Labute approximate surface area is 107 Å². The van der Waals surface area contributed by atoms with Crippen LogP contribution in [0.2, 0.25) is 0 Å². The number of pyridine rings is 1. The van der Waals surface area contributed by atoms with Crippen LogP contribution in [0.1, 0.15) is 5.56 Å². The first kappa shape index (κ1) is 13.2. The fourth-order valence-electron chi connectivity index (χ4n) is 2.34. The molecule has 0 aromatic carbocycles. The highest BCUT2D eigenvalue weighted by Crippen LogP contribution is 2.20. The monoisotopic (exact) mass is 252 g/mol. The lowest BCUT2D eigenvalue weighted by Gasteiger charge is -2.16. The van der Waals surface area contributed by atoms with Crippen molar-refractivity contribution in [1.29, 1.82) is 0 Å². The summed E-state index contributed by atoms with van der Waals surface area (Å²) in [6.07, 6.45) is 1.97. The minimum Gasteiger partial charge on any atom is -0.377 e. The first-order valence-electron chi connectivity index (χ1n) is 5.97. The highest BCUT2D eigenvalue weighted by atomic mass is 16.5. The Morgan fingerprint density at radius 2 is 2.06 bits per heavy atom. The molecule has 18 heavy (non-hydrogen) atoms. The average Bonchev–Trinajstić information content (AvgIpc) is 2.81. The quantitative estimate of drug-likeness (QED) is 0.576. The summed E-state index contributed by atoms with van der Waals surface area (Å²) in [6.45, 7) is 2.49. The highest BCUT2D eigenvalue weighted by Gasteiger charge is 2.32. The van der Waals surface area contributed by atoms with Crippen LogP contribution >= 0.6 is 0 Å². The summed E-state index contributed by atoms with van der Waals surface area (Å²) >= 11 is 0. The molecule has 1 fully saturated rings. The summed E-state index contributed by atoms with van der Waals surface area (Å²) in [6, 6.07) is 3.93. The van der Waals surface area contributed by atoms with Gasteiger partial charge in [0.15, 0.2) is 0 Å². The van der Waals surface area contributed by atoms with Gasteiger partial charge in [-0.2, -0.15) is 0 Å². The van der Waals surface area contributed by atoms with Crippen LogP contribution in [0.15, 0.2) is 18.3 Å². The second kappa shape index (κ2) is 6.10. The van der Waals surface area contributed by atoms with Crippen LogP contribution in [-0.2, 0) is 16.0 Å². The minimum atomic E-state index is 0.126. The number of nitrogens with one attached hydrogen (secondary N) is 1. The van der Waals surface area contributed by atoms with E-state index < -0.39 is 0 Å². The van der Waals surface area contributed by atoms with Gasteiger partial charge in [0, 0.05) is 45.6 Å². The van der Waals surface area contributed by atoms with Gasteiger partial charge in [-0.1, -0.05) is 6.07 Å². The van der Waals surface area contributed by atoms with Crippen molar-refractivity contribution in [2.24, 2.45) is 5.84 Å². The zero-order valence-corrected chi connectivity index (χ0v) is 10.8. The predicted molar refractivity (Wildman–Crippen MR) is 68.9 cm³/mol. The Morgan fingerprint density at radius 1 is 1.39 bits per heavy atom. The van der Waals surface area contributed by atoms with E-state index in [-0.39, 0.29) is 12.2 Å². The van der Waals surface area contributed by atoms with Gasteiger partial charge in [0.05, 0.1) is 12.2 Å². The zero-order valence-electron chi connectivity index (χ0n) is 10.8. The third-order valence-corrected chi connectivity index (χ3v) is 3.32. The van der Waals surface area contributed by atoms with E-state index in [1.165, 1.54) is 0 Å². The molecule has 0 amide bonds. The number of hydrazine groups is 1. The standard InChI is InChI=1S/C12H20N4O2/c1-17-10-7-16(8-11(10)18-2)6-9-4-3-5-14-12(9)15-13/h3-5,10-11H,6-8,13H2,1-2H3,(H,14,15). The van der Waals surface area contributed by atoms with Crippen molar-refractivity contribution in [3.05, 3.63) is 23.9 Å². The second-order valence-corrected chi connectivity index (χ2v) is 4.40. The van der Waals surface area contributed by atoms with Gasteiger partial charge in [0.2, 0.25) is 0 Å². The maximum atomic E-state index is 5.45. The number of likely N-dealkylation sites (tertiary alicyclic amines) is 1. The van der Waals surface area contributed by atoms with Crippen molar-refractivity contribution >= 4 is 5.82 Å². The third kappa shape index (κ3) is 2.78. The molecule has 3 N–H and O–H groups in total. The number of nitrogen functional groups attached to an aromatic ring is 1. The van der Waals surface area contributed by atoms with Gasteiger partial charge in [-0.15, -0.1) is 0 Å². The first-order valence-corrected chi connectivity index (χ1v) is 5.97. The zero-order chi connectivity index (χ0) is 13.0. The highest BCUT2D eigenvalue weighted by molar-refractivity contribution is 5.42. The number of nitrogens with zero attached hydrogens (tertiary/aromatic N) is 2. The van der Waals surface area contributed by atoms with E-state index in [0.717, 1.165) is 25.2 Å². The van der Waals surface area contributed by atoms with Gasteiger partial charge >= 0.3 is 0 Å². The molecule has 6 heteroatoms. The first-order chi connectivity index (χ1) is 8.78. The smallest absolute Gasteiger partial charge is 0.144 e. The molecule has 0 bridgehead atoms. The molecule has 2 atom stereocenters. The van der Waals surface area contributed by atoms with Gasteiger partial charge in [-0.3, -0.25) is 4.90 Å². The fraction of sp³-hybridized carbons (Fsp3) is 0.583. The number of hydrogen-bond donors (Lipinski definition) is 2. The number of rotatable bonds is 5. The number of nitrogens with two attached hydrogens (primary N) is 1. The average molecular weight is 252 g/mol. The predicted octanol–water partition coefficient (Wildman–Crippen LogP) is 0.213. The van der Waals surface area contributed by atoms with Crippen LogP contribution in [0.25, 0.3) is 0 Å². The molecular weight excluding hydrogens is 232 g/mol. The molecule has 0 aliphatic carbocycles. The van der Waals surface area contributed by atoms with Gasteiger partial charge in [-0.05, 0) is 6.07 Å². The Kier molecular flexibility index (Phi) is 4.48. The third-order valence-electron chi connectivity index (χ3n) is 3.32. The molecule has 1 aromatic rings. The Balaban J connectivity index is 2.02. The molecule has 0 radical (unpaired) electrons. The van der Waals surface area contributed by atoms with E-state index in [1.54, 1.807) is 20.4 Å². The lowest BCUT2D eigenvalue weighted by Crippen LogP contribution is -2.27. The van der Waals surface area contributed by atoms with Crippen molar-refractivity contribution in [1.82, 2.24) is 9.88 Å². The van der Waals surface area contributed by atoms with Crippen molar-refractivity contribution in [3.63, 3.8) is 0 Å². The molecule has 1 aliphatic heterocycles. The summed E-state index contributed by atoms with van der Waals surface area (Å²) < 4.78 is 10.8. The number of ether oxygens (including phenoxy) is 2. The molecule has 0 spiro atoms. The Bertz CT molecular complexity index is 376. The van der Waals surface area contributed by atoms with E-state index in [2.05, 4.69) is 15.3 Å². The van der Waals surface area contributed by atoms with Crippen molar-refractivity contribution in [2.45, 2.75) is 18.8 Å². The number of anilines is 1. The van der Waals surface area contributed by atoms with Crippen LogP contribution in [0.4, 0.5) is 5.82 Å². The van der Waals surface area contributed by atoms with Gasteiger partial charge in [0.25, 0.3) is 0 Å². The summed E-state index contributed by atoms with van der Waals surface area (Å²) in [7, 11) is 3.44. The van der Waals surface area contributed by atoms with E-state index in [9.17, 15) is 0 Å². The lowest BCUT2D eigenvalue weighted by atomic mass is 10.2. The van der Waals surface area contributed by atoms with E-state index >= 15 is 0 Å². The Hall–Kier alpha value is -1.21. The number of methoxy groups -OCH3 is 2. The molecule has 2 unspecified atom stereocenters. The molecule has 2 rings (SSSR count). The second-order valence-electron chi connectivity index (χ2n) is 4.40. The lowest BCUT2D eigenvalue weighted by molar-refractivity contribution is -0.00461. The minimum absolute atomic E-state index is 0.126. The van der Waals surface area contributed by atoms with Gasteiger partial charge in [-0.25, -0.2) is 10.8 Å². The van der Waals surface area contributed by atoms with Crippen molar-refractivity contribution < 1.29 is 9.47 Å². The molecule has 100 valence electrons. The van der Waals surface area contributed by atoms with Crippen LogP contribution in [0, 0.1) is 0 Å².